The van der Waals surface area contributed by atoms with Crippen molar-refractivity contribution in [2.24, 2.45) is 5.92 Å². The zero-order chi connectivity index (χ0) is 13.7. The third-order valence-electron chi connectivity index (χ3n) is 2.60. The van der Waals surface area contributed by atoms with Gasteiger partial charge in [-0.2, -0.15) is 0 Å². The number of hydrogen-bond acceptors (Lipinski definition) is 6. The molecule has 1 rings (SSSR count). The van der Waals surface area contributed by atoms with Crippen LogP contribution >= 0.6 is 23.5 Å². The first-order valence-electron chi connectivity index (χ1n) is 5.56. The first-order valence-corrected chi connectivity index (χ1v) is 7.70. The molecule has 18 heavy (non-hydrogen) atoms. The van der Waals surface area contributed by atoms with Gasteiger partial charge in [0.2, 0.25) is 5.91 Å². The molecule has 0 aromatic rings. The normalized spacial score (nSPS) is 20.6. The van der Waals surface area contributed by atoms with Gasteiger partial charge in [-0.15, -0.1) is 11.8 Å². The molecule has 1 saturated heterocycles. The van der Waals surface area contributed by atoms with Gasteiger partial charge in [-0.25, -0.2) is 4.79 Å². The molecule has 0 aromatic heterocycles. The Bertz CT molecular complexity index is 348. The molecule has 2 unspecified atom stereocenters. The van der Waals surface area contributed by atoms with Crippen LogP contribution in [0.5, 0.6) is 0 Å². The Morgan fingerprint density at radius 1 is 1.50 bits per heavy atom. The van der Waals surface area contributed by atoms with Gasteiger partial charge in [0.15, 0.2) is 5.12 Å². The van der Waals surface area contributed by atoms with Crippen molar-refractivity contribution in [3.63, 3.8) is 0 Å². The second-order valence-corrected chi connectivity index (χ2v) is 6.25. The minimum atomic E-state index is -0.489. The zero-order valence-corrected chi connectivity index (χ0v) is 12.3. The van der Waals surface area contributed by atoms with Gasteiger partial charge < -0.3 is 9.64 Å². The molecule has 0 aliphatic carbocycles. The first-order chi connectivity index (χ1) is 8.47. The average molecular weight is 291 g/mol. The van der Waals surface area contributed by atoms with E-state index in [9.17, 15) is 14.4 Å². The van der Waals surface area contributed by atoms with Gasteiger partial charge >= 0.3 is 5.97 Å². The summed E-state index contributed by atoms with van der Waals surface area (Å²) in [7, 11) is 1.32. The third-order valence-corrected chi connectivity index (χ3v) is 4.68. The van der Waals surface area contributed by atoms with Crippen molar-refractivity contribution in [1.29, 1.82) is 0 Å². The second kappa shape index (κ2) is 7.04. The highest BCUT2D eigenvalue weighted by atomic mass is 32.2. The van der Waals surface area contributed by atoms with Crippen LogP contribution < -0.4 is 0 Å². The number of carbonyl (C=O) groups excluding carboxylic acids is 3. The highest BCUT2D eigenvalue weighted by Crippen LogP contribution is 2.24. The lowest BCUT2D eigenvalue weighted by Gasteiger charge is -2.24. The minimum Gasteiger partial charge on any atom is -0.467 e. The highest BCUT2D eigenvalue weighted by molar-refractivity contribution is 8.13. The number of carbonyl (C=O) groups is 3. The Morgan fingerprint density at radius 2 is 2.17 bits per heavy atom. The smallest absolute Gasteiger partial charge is 0.329 e. The molecular formula is C11H17NO4S2. The summed E-state index contributed by atoms with van der Waals surface area (Å²) < 4.78 is 4.69. The van der Waals surface area contributed by atoms with Crippen molar-refractivity contribution < 1.29 is 19.1 Å². The molecule has 102 valence electrons. The molecule has 0 saturated carbocycles. The number of thioether (sulfide) groups is 2. The molecule has 0 radical (unpaired) electrons. The van der Waals surface area contributed by atoms with Gasteiger partial charge in [-0.05, 0) is 0 Å². The lowest BCUT2D eigenvalue weighted by atomic mass is 10.1. The van der Waals surface area contributed by atoms with E-state index in [2.05, 4.69) is 4.74 Å². The Hall–Kier alpha value is -0.690. The lowest BCUT2D eigenvalue weighted by Crippen LogP contribution is -2.45. The van der Waals surface area contributed by atoms with Crippen molar-refractivity contribution in [2.45, 2.75) is 19.9 Å². The van der Waals surface area contributed by atoms with Crippen molar-refractivity contribution in [2.75, 3.05) is 24.5 Å². The number of ether oxygens (including phenoxy) is 1. The predicted molar refractivity (Wildman–Crippen MR) is 72.3 cm³/mol. The van der Waals surface area contributed by atoms with Crippen LogP contribution in [0.1, 0.15) is 13.8 Å². The van der Waals surface area contributed by atoms with Gasteiger partial charge in [-0.3, -0.25) is 9.59 Å². The summed E-state index contributed by atoms with van der Waals surface area (Å²) in [6, 6.07) is -0.489. The molecule has 0 aromatic carbocycles. The molecule has 1 amide bonds. The van der Waals surface area contributed by atoms with Gasteiger partial charge in [0.25, 0.3) is 0 Å². The summed E-state index contributed by atoms with van der Waals surface area (Å²) in [5.74, 6) is 0.788. The number of hydrogen-bond donors (Lipinski definition) is 0. The Morgan fingerprint density at radius 3 is 2.72 bits per heavy atom. The van der Waals surface area contributed by atoms with E-state index in [1.54, 1.807) is 11.8 Å². The van der Waals surface area contributed by atoms with Crippen LogP contribution in [0.25, 0.3) is 0 Å². The summed E-state index contributed by atoms with van der Waals surface area (Å²) in [5.41, 5.74) is 0. The topological polar surface area (TPSA) is 63.7 Å². The molecular weight excluding hydrogens is 274 g/mol. The molecule has 1 aliphatic rings. The largest absolute Gasteiger partial charge is 0.467 e. The van der Waals surface area contributed by atoms with Crippen LogP contribution in [0.4, 0.5) is 0 Å². The number of nitrogens with zero attached hydrogens (tertiary/aromatic N) is 1. The molecule has 1 heterocycles. The van der Waals surface area contributed by atoms with Crippen LogP contribution in [-0.2, 0) is 19.1 Å². The van der Waals surface area contributed by atoms with Gasteiger partial charge in [-0.1, -0.05) is 18.7 Å². The molecule has 1 aliphatic heterocycles. The minimum absolute atomic E-state index is 0.00466. The molecule has 5 nitrogen and oxygen atoms in total. The number of esters is 1. The summed E-state index contributed by atoms with van der Waals surface area (Å²) in [6.45, 7) is 3.25. The van der Waals surface area contributed by atoms with E-state index in [0.29, 0.717) is 17.4 Å². The molecule has 7 heteroatoms. The Balaban J connectivity index is 2.59. The third kappa shape index (κ3) is 3.91. The molecule has 2 atom stereocenters. The van der Waals surface area contributed by atoms with Crippen LogP contribution in [0.3, 0.4) is 0 Å². The van der Waals surface area contributed by atoms with Crippen molar-refractivity contribution in [1.82, 2.24) is 4.90 Å². The van der Waals surface area contributed by atoms with E-state index in [-0.39, 0.29) is 22.9 Å². The summed E-state index contributed by atoms with van der Waals surface area (Å²) in [5, 5.41) is -0.00466. The van der Waals surface area contributed by atoms with E-state index in [1.165, 1.54) is 25.8 Å². The Kier molecular flexibility index (Phi) is 6.01. The van der Waals surface area contributed by atoms with Gasteiger partial charge in [0.05, 0.1) is 13.0 Å². The highest BCUT2D eigenvalue weighted by Gasteiger charge is 2.37. The summed E-state index contributed by atoms with van der Waals surface area (Å²) >= 11 is 2.67. The van der Waals surface area contributed by atoms with E-state index in [1.807, 2.05) is 0 Å². The molecule has 0 N–H and O–H groups in total. The maximum atomic E-state index is 12.2. The zero-order valence-electron chi connectivity index (χ0n) is 10.7. The van der Waals surface area contributed by atoms with E-state index in [4.69, 9.17) is 0 Å². The molecule has 0 spiro atoms. The Labute approximate surface area is 115 Å². The predicted octanol–water partition coefficient (Wildman–Crippen LogP) is 0.977. The molecule has 0 bridgehead atoms. The fraction of sp³-hybridized carbons (Fsp3) is 0.727. The number of rotatable bonds is 4. The molecule has 1 fully saturated rings. The van der Waals surface area contributed by atoms with Crippen LogP contribution in [0.2, 0.25) is 0 Å². The fourth-order valence-electron chi connectivity index (χ4n) is 1.59. The van der Waals surface area contributed by atoms with Crippen LogP contribution in [0, 0.1) is 5.92 Å². The lowest BCUT2D eigenvalue weighted by molar-refractivity contribution is -0.151. The standard InChI is InChI=1S/C11H17NO4S2/c1-7(4-18-8(2)13)10(14)12-6-17-5-9(12)11(15)16-3/h7,9H,4-6H2,1-3H3. The second-order valence-electron chi connectivity index (χ2n) is 4.05. The first kappa shape index (κ1) is 15.4. The average Bonchev–Trinajstić information content (AvgIpc) is 2.82. The quantitative estimate of drug-likeness (QED) is 0.719. The van der Waals surface area contributed by atoms with E-state index in [0.717, 1.165) is 11.8 Å². The number of amides is 1. The maximum Gasteiger partial charge on any atom is 0.329 e. The van der Waals surface area contributed by atoms with Crippen molar-refractivity contribution >= 4 is 40.5 Å². The van der Waals surface area contributed by atoms with Crippen LogP contribution in [-0.4, -0.2) is 52.4 Å². The van der Waals surface area contributed by atoms with Crippen LogP contribution in [0.15, 0.2) is 0 Å². The summed E-state index contributed by atoms with van der Waals surface area (Å²) in [4.78, 5) is 36.1. The SMILES string of the molecule is COC(=O)C1CSCN1C(=O)C(C)CSC(C)=O. The van der Waals surface area contributed by atoms with E-state index >= 15 is 0 Å². The monoisotopic (exact) mass is 291 g/mol. The van der Waals surface area contributed by atoms with Crippen molar-refractivity contribution in [3.8, 4) is 0 Å². The van der Waals surface area contributed by atoms with E-state index < -0.39 is 6.04 Å². The van der Waals surface area contributed by atoms with Gasteiger partial charge in [0.1, 0.15) is 6.04 Å². The fourth-order valence-corrected chi connectivity index (χ4v) is 3.36. The number of methoxy groups -OCH3 is 1. The maximum absolute atomic E-state index is 12.2. The van der Waals surface area contributed by atoms with Gasteiger partial charge in [0, 0.05) is 24.3 Å². The summed E-state index contributed by atoms with van der Waals surface area (Å²) in [6.07, 6.45) is 0. The van der Waals surface area contributed by atoms with Crippen molar-refractivity contribution in [3.05, 3.63) is 0 Å².